The normalized spacial score (nSPS) is 11.2. The van der Waals surface area contributed by atoms with Crippen LogP contribution in [0.2, 0.25) is 5.02 Å². The Kier molecular flexibility index (Phi) is 3.85. The molecule has 0 aliphatic heterocycles. The van der Waals surface area contributed by atoms with Gasteiger partial charge in [-0.3, -0.25) is 14.3 Å². The Bertz CT molecular complexity index is 985. The number of fused-ring (bicyclic) bond motifs is 1. The highest BCUT2D eigenvalue weighted by atomic mass is 35.5. The molecule has 118 valence electrons. The minimum Gasteiger partial charge on any atom is -0.268 e. The first kappa shape index (κ1) is 15.6. The van der Waals surface area contributed by atoms with Crippen molar-refractivity contribution in [3.8, 4) is 5.69 Å². The first-order valence-electron chi connectivity index (χ1n) is 6.95. The Morgan fingerprint density at radius 2 is 1.96 bits per heavy atom. The van der Waals surface area contributed by atoms with E-state index in [9.17, 15) is 13.6 Å². The predicted octanol–water partition coefficient (Wildman–Crippen LogP) is 3.58. The third-order valence-electron chi connectivity index (χ3n) is 3.68. The molecule has 0 spiro atoms. The van der Waals surface area contributed by atoms with E-state index < -0.39 is 17.2 Å². The Morgan fingerprint density at radius 3 is 2.65 bits per heavy atom. The van der Waals surface area contributed by atoms with Crippen molar-refractivity contribution in [3.05, 3.63) is 62.9 Å². The number of halogens is 3. The molecule has 1 aromatic carbocycles. The summed E-state index contributed by atoms with van der Waals surface area (Å²) in [6.07, 6.45) is 2.80. The standard InChI is InChI=1S/C16H12ClF2N3O/c1-3-13-21-15-10(18)5-4-9(17)14(15)16(23)22(13)12-7-20-6-11(19)8(12)2/h4-7H,3H2,1-2H3. The summed E-state index contributed by atoms with van der Waals surface area (Å²) < 4.78 is 29.0. The van der Waals surface area contributed by atoms with Crippen LogP contribution in [0.5, 0.6) is 0 Å². The Hall–Kier alpha value is -2.34. The number of hydrogen-bond donors (Lipinski definition) is 0. The van der Waals surface area contributed by atoms with Gasteiger partial charge < -0.3 is 0 Å². The summed E-state index contributed by atoms with van der Waals surface area (Å²) in [7, 11) is 0. The molecule has 0 saturated heterocycles. The maximum Gasteiger partial charge on any atom is 0.267 e. The Morgan fingerprint density at radius 1 is 1.22 bits per heavy atom. The summed E-state index contributed by atoms with van der Waals surface area (Å²) in [5.41, 5.74) is -0.114. The van der Waals surface area contributed by atoms with Gasteiger partial charge in [0.15, 0.2) is 0 Å². The molecule has 0 bridgehead atoms. The molecule has 3 rings (SSSR count). The van der Waals surface area contributed by atoms with Crippen molar-refractivity contribution in [3.63, 3.8) is 0 Å². The van der Waals surface area contributed by atoms with Crippen molar-refractivity contribution in [2.24, 2.45) is 0 Å². The Labute approximate surface area is 135 Å². The minimum absolute atomic E-state index is 0.0347. The largest absolute Gasteiger partial charge is 0.268 e. The molecule has 0 atom stereocenters. The fourth-order valence-electron chi connectivity index (χ4n) is 2.46. The van der Waals surface area contributed by atoms with E-state index in [4.69, 9.17) is 11.6 Å². The summed E-state index contributed by atoms with van der Waals surface area (Å²) in [5.74, 6) is -0.863. The lowest BCUT2D eigenvalue weighted by Gasteiger charge is -2.15. The van der Waals surface area contributed by atoms with E-state index in [0.29, 0.717) is 12.2 Å². The number of aryl methyl sites for hydroxylation is 1. The fourth-order valence-corrected chi connectivity index (χ4v) is 2.70. The van der Waals surface area contributed by atoms with Gasteiger partial charge in [0.1, 0.15) is 23.0 Å². The highest BCUT2D eigenvalue weighted by Gasteiger charge is 2.18. The first-order valence-corrected chi connectivity index (χ1v) is 7.33. The quantitative estimate of drug-likeness (QED) is 0.719. The number of aromatic nitrogens is 3. The number of nitrogens with zero attached hydrogens (tertiary/aromatic N) is 3. The predicted molar refractivity (Wildman–Crippen MR) is 84.2 cm³/mol. The molecule has 0 amide bonds. The van der Waals surface area contributed by atoms with E-state index in [-0.39, 0.29) is 27.2 Å². The van der Waals surface area contributed by atoms with Gasteiger partial charge in [-0.2, -0.15) is 0 Å². The van der Waals surface area contributed by atoms with Gasteiger partial charge in [0.2, 0.25) is 0 Å². The maximum atomic E-state index is 14.0. The zero-order valence-corrected chi connectivity index (χ0v) is 13.2. The summed E-state index contributed by atoms with van der Waals surface area (Å²) in [6.45, 7) is 3.31. The molecule has 0 fully saturated rings. The second kappa shape index (κ2) is 5.70. The molecule has 0 unspecified atom stereocenters. The molecule has 23 heavy (non-hydrogen) atoms. The van der Waals surface area contributed by atoms with Crippen LogP contribution in [0.25, 0.3) is 16.6 Å². The van der Waals surface area contributed by atoms with Crippen molar-refractivity contribution < 1.29 is 8.78 Å². The number of rotatable bonds is 2. The van der Waals surface area contributed by atoms with Gasteiger partial charge in [-0.05, 0) is 19.1 Å². The lowest BCUT2D eigenvalue weighted by atomic mass is 10.2. The molecule has 0 aliphatic rings. The Balaban J connectivity index is 2.51. The topological polar surface area (TPSA) is 47.8 Å². The molecule has 4 nitrogen and oxygen atoms in total. The molecule has 0 radical (unpaired) electrons. The van der Waals surface area contributed by atoms with Gasteiger partial charge in [-0.1, -0.05) is 18.5 Å². The van der Waals surface area contributed by atoms with Crippen LogP contribution >= 0.6 is 11.6 Å². The van der Waals surface area contributed by atoms with Crippen LogP contribution < -0.4 is 5.56 Å². The van der Waals surface area contributed by atoms with Gasteiger partial charge in [-0.25, -0.2) is 13.8 Å². The minimum atomic E-state index is -0.627. The smallest absolute Gasteiger partial charge is 0.267 e. The van der Waals surface area contributed by atoms with Crippen LogP contribution in [0.4, 0.5) is 8.78 Å². The monoisotopic (exact) mass is 335 g/mol. The highest BCUT2D eigenvalue weighted by Crippen LogP contribution is 2.24. The lowest BCUT2D eigenvalue weighted by Crippen LogP contribution is -2.25. The zero-order chi connectivity index (χ0) is 16.7. The summed E-state index contributed by atoms with van der Waals surface area (Å²) in [5, 5.41) is 0.0600. The van der Waals surface area contributed by atoms with E-state index in [2.05, 4.69) is 9.97 Å². The van der Waals surface area contributed by atoms with Crippen molar-refractivity contribution in [1.82, 2.24) is 14.5 Å². The second-order valence-corrected chi connectivity index (χ2v) is 5.45. The molecule has 3 aromatic rings. The number of benzene rings is 1. The molecular formula is C16H12ClF2N3O. The van der Waals surface area contributed by atoms with E-state index in [1.807, 2.05) is 0 Å². The van der Waals surface area contributed by atoms with E-state index >= 15 is 0 Å². The van der Waals surface area contributed by atoms with Crippen LogP contribution in [0, 0.1) is 18.6 Å². The van der Waals surface area contributed by atoms with Crippen molar-refractivity contribution in [2.75, 3.05) is 0 Å². The van der Waals surface area contributed by atoms with E-state index in [0.717, 1.165) is 12.3 Å². The van der Waals surface area contributed by atoms with Gasteiger partial charge >= 0.3 is 0 Å². The molecule has 2 aromatic heterocycles. The zero-order valence-electron chi connectivity index (χ0n) is 12.4. The van der Waals surface area contributed by atoms with Crippen molar-refractivity contribution in [1.29, 1.82) is 0 Å². The molecule has 7 heteroatoms. The average molecular weight is 336 g/mol. The maximum absolute atomic E-state index is 14.0. The molecular weight excluding hydrogens is 324 g/mol. The van der Waals surface area contributed by atoms with E-state index in [1.54, 1.807) is 6.92 Å². The van der Waals surface area contributed by atoms with E-state index in [1.165, 1.54) is 23.8 Å². The first-order chi connectivity index (χ1) is 11.0. The lowest BCUT2D eigenvalue weighted by molar-refractivity contribution is 0.608. The molecule has 0 aliphatic carbocycles. The van der Waals surface area contributed by atoms with Gasteiger partial charge in [-0.15, -0.1) is 0 Å². The fraction of sp³-hybridized carbons (Fsp3) is 0.188. The van der Waals surface area contributed by atoms with Crippen LogP contribution in [0.1, 0.15) is 18.3 Å². The molecule has 0 N–H and O–H groups in total. The summed E-state index contributed by atoms with van der Waals surface area (Å²) >= 11 is 6.05. The average Bonchev–Trinajstić information content (AvgIpc) is 2.53. The second-order valence-electron chi connectivity index (χ2n) is 5.04. The summed E-state index contributed by atoms with van der Waals surface area (Å²) in [6, 6.07) is 2.46. The van der Waals surface area contributed by atoms with Crippen molar-refractivity contribution in [2.45, 2.75) is 20.3 Å². The van der Waals surface area contributed by atoms with Crippen LogP contribution in [-0.2, 0) is 6.42 Å². The van der Waals surface area contributed by atoms with Gasteiger partial charge in [0.05, 0.1) is 28.5 Å². The number of hydrogen-bond acceptors (Lipinski definition) is 3. The SMILES string of the molecule is CCc1nc2c(F)ccc(Cl)c2c(=O)n1-c1cncc(F)c1C. The van der Waals surface area contributed by atoms with Crippen LogP contribution in [0.15, 0.2) is 29.3 Å². The summed E-state index contributed by atoms with van der Waals surface area (Å²) in [4.78, 5) is 20.9. The van der Waals surface area contributed by atoms with Crippen LogP contribution in [0.3, 0.4) is 0 Å². The highest BCUT2D eigenvalue weighted by molar-refractivity contribution is 6.35. The van der Waals surface area contributed by atoms with Gasteiger partial charge in [0.25, 0.3) is 5.56 Å². The van der Waals surface area contributed by atoms with Crippen LogP contribution in [-0.4, -0.2) is 14.5 Å². The van der Waals surface area contributed by atoms with Gasteiger partial charge in [0, 0.05) is 12.0 Å². The number of pyridine rings is 1. The molecule has 2 heterocycles. The molecule has 0 saturated carbocycles. The third kappa shape index (κ3) is 2.39. The third-order valence-corrected chi connectivity index (χ3v) is 3.99. The van der Waals surface area contributed by atoms with Crippen molar-refractivity contribution >= 4 is 22.5 Å².